The number of thiophene rings is 1. The number of para-hydroxylation sites is 2. The molecule has 2 heterocycles. The van der Waals surface area contributed by atoms with Gasteiger partial charge in [0.15, 0.2) is 5.75 Å². The fraction of sp³-hybridized carbons (Fsp3) is 0.200. The SMILES string of the molecule is O=[N+]([O-])c1ccccc1OCCSc1n[nH]c(Cc2cccs2)n1. The molecule has 0 saturated carbocycles. The Labute approximate surface area is 146 Å². The van der Waals surface area contributed by atoms with Crippen molar-refractivity contribution in [2.75, 3.05) is 12.4 Å². The van der Waals surface area contributed by atoms with Gasteiger partial charge in [-0.3, -0.25) is 15.2 Å². The molecule has 24 heavy (non-hydrogen) atoms. The fourth-order valence-corrected chi connectivity index (χ4v) is 3.36. The van der Waals surface area contributed by atoms with Gasteiger partial charge in [0.05, 0.1) is 11.5 Å². The largest absolute Gasteiger partial charge is 0.486 e. The molecule has 0 spiro atoms. The lowest BCUT2D eigenvalue weighted by Gasteiger charge is -2.05. The first kappa shape index (κ1) is 16.5. The highest BCUT2D eigenvalue weighted by atomic mass is 32.2. The van der Waals surface area contributed by atoms with E-state index in [0.717, 1.165) is 12.2 Å². The smallest absolute Gasteiger partial charge is 0.310 e. The zero-order valence-corrected chi connectivity index (χ0v) is 14.2. The Morgan fingerprint density at radius 3 is 2.96 bits per heavy atom. The van der Waals surface area contributed by atoms with Gasteiger partial charge in [-0.1, -0.05) is 30.0 Å². The summed E-state index contributed by atoms with van der Waals surface area (Å²) in [6, 6.07) is 10.4. The van der Waals surface area contributed by atoms with Gasteiger partial charge in [0.2, 0.25) is 5.16 Å². The number of thioether (sulfide) groups is 1. The molecule has 1 N–H and O–H groups in total. The molecule has 0 unspecified atom stereocenters. The van der Waals surface area contributed by atoms with Crippen molar-refractivity contribution in [3.05, 3.63) is 62.6 Å². The van der Waals surface area contributed by atoms with E-state index >= 15 is 0 Å². The summed E-state index contributed by atoms with van der Waals surface area (Å²) in [5.41, 5.74) is -0.0290. The van der Waals surface area contributed by atoms with E-state index in [4.69, 9.17) is 4.74 Å². The highest BCUT2D eigenvalue weighted by Gasteiger charge is 2.13. The second kappa shape index (κ2) is 7.93. The summed E-state index contributed by atoms with van der Waals surface area (Å²) >= 11 is 3.12. The number of nitrogens with zero attached hydrogens (tertiary/aromatic N) is 3. The summed E-state index contributed by atoms with van der Waals surface area (Å²) in [6.45, 7) is 0.338. The lowest BCUT2D eigenvalue weighted by molar-refractivity contribution is -0.385. The van der Waals surface area contributed by atoms with Crippen molar-refractivity contribution in [2.24, 2.45) is 0 Å². The molecule has 124 valence electrons. The Bertz CT molecular complexity index is 805. The maximum atomic E-state index is 10.9. The number of ether oxygens (including phenoxy) is 1. The van der Waals surface area contributed by atoms with E-state index in [1.165, 1.54) is 22.7 Å². The summed E-state index contributed by atoms with van der Waals surface area (Å²) in [6.07, 6.45) is 0.734. The van der Waals surface area contributed by atoms with Crippen LogP contribution in [-0.2, 0) is 6.42 Å². The van der Waals surface area contributed by atoms with Gasteiger partial charge >= 0.3 is 5.69 Å². The van der Waals surface area contributed by atoms with Crippen molar-refractivity contribution in [3.63, 3.8) is 0 Å². The molecule has 0 fully saturated rings. The molecule has 0 atom stereocenters. The molecular weight excluding hydrogens is 348 g/mol. The minimum atomic E-state index is -0.450. The third-order valence-electron chi connectivity index (χ3n) is 3.07. The summed E-state index contributed by atoms with van der Waals surface area (Å²) in [5.74, 6) is 1.69. The van der Waals surface area contributed by atoms with E-state index in [1.807, 2.05) is 11.4 Å². The molecule has 0 amide bonds. The van der Waals surface area contributed by atoms with Crippen LogP contribution in [0, 0.1) is 10.1 Å². The summed E-state index contributed by atoms with van der Waals surface area (Å²) in [4.78, 5) is 16.1. The van der Waals surface area contributed by atoms with Crippen molar-refractivity contribution in [1.82, 2.24) is 15.2 Å². The average molecular weight is 362 g/mol. The van der Waals surface area contributed by atoms with Gasteiger partial charge < -0.3 is 4.74 Å². The first-order chi connectivity index (χ1) is 11.7. The van der Waals surface area contributed by atoms with E-state index < -0.39 is 4.92 Å². The van der Waals surface area contributed by atoms with Gasteiger partial charge in [-0.25, -0.2) is 4.98 Å². The van der Waals surface area contributed by atoms with Gasteiger partial charge in [0.1, 0.15) is 5.82 Å². The van der Waals surface area contributed by atoms with Crippen LogP contribution in [0.2, 0.25) is 0 Å². The van der Waals surface area contributed by atoms with Gasteiger partial charge in [0, 0.05) is 23.1 Å². The average Bonchev–Trinajstić information content (AvgIpc) is 3.24. The Hall–Kier alpha value is -2.39. The number of hydrogen-bond acceptors (Lipinski definition) is 7. The van der Waals surface area contributed by atoms with Crippen LogP contribution in [0.15, 0.2) is 46.9 Å². The van der Waals surface area contributed by atoms with Gasteiger partial charge in [-0.15, -0.1) is 16.4 Å². The van der Waals surface area contributed by atoms with E-state index in [2.05, 4.69) is 21.2 Å². The lowest BCUT2D eigenvalue weighted by Crippen LogP contribution is -2.02. The molecule has 0 saturated heterocycles. The molecule has 0 aliphatic heterocycles. The molecule has 3 aromatic rings. The number of rotatable bonds is 8. The van der Waals surface area contributed by atoms with Crippen LogP contribution in [0.4, 0.5) is 5.69 Å². The number of aromatic amines is 1. The number of benzene rings is 1. The van der Waals surface area contributed by atoms with E-state index in [0.29, 0.717) is 17.5 Å². The summed E-state index contributed by atoms with van der Waals surface area (Å²) in [7, 11) is 0. The predicted octanol–water partition coefficient (Wildman–Crippen LogP) is 3.54. The second-order valence-electron chi connectivity index (χ2n) is 4.74. The Balaban J connectivity index is 1.47. The van der Waals surface area contributed by atoms with E-state index in [9.17, 15) is 10.1 Å². The monoisotopic (exact) mass is 362 g/mol. The topological polar surface area (TPSA) is 93.9 Å². The van der Waals surface area contributed by atoms with Crippen LogP contribution in [-0.4, -0.2) is 32.5 Å². The van der Waals surface area contributed by atoms with Crippen LogP contribution < -0.4 is 4.74 Å². The second-order valence-corrected chi connectivity index (χ2v) is 6.84. The van der Waals surface area contributed by atoms with Gasteiger partial charge in [-0.05, 0) is 17.5 Å². The first-order valence-electron chi connectivity index (χ1n) is 7.15. The van der Waals surface area contributed by atoms with Crippen LogP contribution in [0.5, 0.6) is 5.75 Å². The summed E-state index contributed by atoms with van der Waals surface area (Å²) in [5, 5.41) is 20.7. The molecule has 7 nitrogen and oxygen atoms in total. The number of H-pyrrole nitrogens is 1. The number of hydrogen-bond donors (Lipinski definition) is 1. The molecule has 3 rings (SSSR count). The Morgan fingerprint density at radius 1 is 1.29 bits per heavy atom. The minimum Gasteiger partial charge on any atom is -0.486 e. The number of nitro benzene ring substituents is 1. The zero-order valence-electron chi connectivity index (χ0n) is 12.5. The highest BCUT2D eigenvalue weighted by molar-refractivity contribution is 7.99. The third kappa shape index (κ3) is 4.33. The highest BCUT2D eigenvalue weighted by Crippen LogP contribution is 2.26. The molecular formula is C15H14N4O3S2. The number of aromatic nitrogens is 3. The van der Waals surface area contributed by atoms with Crippen molar-refractivity contribution >= 4 is 28.8 Å². The molecule has 2 aromatic heterocycles. The van der Waals surface area contributed by atoms with Crippen LogP contribution >= 0.6 is 23.1 Å². The van der Waals surface area contributed by atoms with E-state index in [1.54, 1.807) is 29.5 Å². The van der Waals surface area contributed by atoms with Gasteiger partial charge in [0.25, 0.3) is 0 Å². The molecule has 0 aliphatic carbocycles. The zero-order chi connectivity index (χ0) is 16.8. The Kier molecular flexibility index (Phi) is 5.44. The lowest BCUT2D eigenvalue weighted by atomic mass is 10.3. The molecule has 9 heteroatoms. The van der Waals surface area contributed by atoms with Crippen molar-refractivity contribution in [1.29, 1.82) is 0 Å². The van der Waals surface area contributed by atoms with E-state index in [-0.39, 0.29) is 11.4 Å². The van der Waals surface area contributed by atoms with Crippen molar-refractivity contribution < 1.29 is 9.66 Å². The molecule has 0 radical (unpaired) electrons. The quantitative estimate of drug-likeness (QED) is 0.285. The van der Waals surface area contributed by atoms with Crippen molar-refractivity contribution in [2.45, 2.75) is 11.6 Å². The molecule has 0 aliphatic rings. The first-order valence-corrected chi connectivity index (χ1v) is 9.01. The predicted molar refractivity (Wildman–Crippen MR) is 92.8 cm³/mol. The van der Waals surface area contributed by atoms with Gasteiger partial charge in [-0.2, -0.15) is 0 Å². The maximum absolute atomic E-state index is 10.9. The minimum absolute atomic E-state index is 0.0290. The third-order valence-corrected chi connectivity index (χ3v) is 4.75. The summed E-state index contributed by atoms with van der Waals surface area (Å²) < 4.78 is 5.49. The Morgan fingerprint density at radius 2 is 2.17 bits per heavy atom. The van der Waals surface area contributed by atoms with Crippen molar-refractivity contribution in [3.8, 4) is 5.75 Å². The normalized spacial score (nSPS) is 10.7. The molecule has 1 aromatic carbocycles. The molecule has 0 bridgehead atoms. The van der Waals surface area contributed by atoms with Crippen LogP contribution in [0.25, 0.3) is 0 Å². The standard InChI is InChI=1S/C15H14N4O3S2/c20-19(21)12-5-1-2-6-13(12)22-7-9-24-15-16-14(17-18-15)10-11-4-3-8-23-11/h1-6,8H,7,9-10H2,(H,16,17,18). The van der Waals surface area contributed by atoms with Crippen LogP contribution in [0.1, 0.15) is 10.7 Å². The maximum Gasteiger partial charge on any atom is 0.310 e. The number of nitrogens with one attached hydrogen (secondary N) is 1. The fourth-order valence-electron chi connectivity index (χ4n) is 2.01. The van der Waals surface area contributed by atoms with Crippen LogP contribution in [0.3, 0.4) is 0 Å². The number of nitro groups is 1.